The first-order valence-corrected chi connectivity index (χ1v) is 12.3. The number of rotatable bonds is 8. The molecule has 1 aromatic heterocycles. The Bertz CT molecular complexity index is 1160. The van der Waals surface area contributed by atoms with Crippen molar-refractivity contribution in [1.82, 2.24) is 4.98 Å². The molecule has 4 heterocycles. The summed E-state index contributed by atoms with van der Waals surface area (Å²) >= 11 is 6.38. The molecule has 0 N–H and O–H groups in total. The lowest BCUT2D eigenvalue weighted by Gasteiger charge is -2.58. The molecule has 3 fully saturated rings. The van der Waals surface area contributed by atoms with Gasteiger partial charge in [-0.25, -0.2) is 0 Å². The standard InChI is InChI=1S/C29H32ClN2O/c1-3-16-33-29(26-12-14-31-27-11-6-5-10-25(26)27)28-18-23-13-15-32(28,20-22(23)4-2)19-21-8-7-9-24(30)17-21/h3-12,14,17,22-23,28-29H,1-2,13,15-16,18-20H2/q+1/t22-,23-,28+,29-,32?/m0/s1. The van der Waals surface area contributed by atoms with Gasteiger partial charge in [0.15, 0.2) is 0 Å². The van der Waals surface area contributed by atoms with Crippen molar-refractivity contribution in [2.75, 3.05) is 19.7 Å². The summed E-state index contributed by atoms with van der Waals surface area (Å²) in [5.74, 6) is 1.21. The second-order valence-corrected chi connectivity index (χ2v) is 10.1. The summed E-state index contributed by atoms with van der Waals surface area (Å²) in [6.45, 7) is 11.9. The lowest BCUT2D eigenvalue weighted by atomic mass is 9.71. The van der Waals surface area contributed by atoms with E-state index >= 15 is 0 Å². The zero-order chi connectivity index (χ0) is 22.8. The number of ether oxygens (including phenoxy) is 1. The van der Waals surface area contributed by atoms with E-state index in [2.05, 4.69) is 66.7 Å². The number of pyridine rings is 1. The van der Waals surface area contributed by atoms with Gasteiger partial charge in [-0.3, -0.25) is 4.98 Å². The van der Waals surface area contributed by atoms with E-state index < -0.39 is 0 Å². The topological polar surface area (TPSA) is 22.1 Å². The zero-order valence-corrected chi connectivity index (χ0v) is 19.8. The summed E-state index contributed by atoms with van der Waals surface area (Å²) < 4.78 is 7.63. The average Bonchev–Trinajstić information content (AvgIpc) is 2.84. The van der Waals surface area contributed by atoms with Crippen LogP contribution in [0.25, 0.3) is 10.9 Å². The highest BCUT2D eigenvalue weighted by molar-refractivity contribution is 6.30. The largest absolute Gasteiger partial charge is 0.363 e. The van der Waals surface area contributed by atoms with Crippen molar-refractivity contribution >= 4 is 22.5 Å². The molecule has 5 atom stereocenters. The molecular formula is C29H32ClN2O+. The fraction of sp³-hybridized carbons (Fsp3) is 0.345. The Kier molecular flexibility index (Phi) is 6.38. The highest BCUT2D eigenvalue weighted by Crippen LogP contribution is 2.49. The van der Waals surface area contributed by atoms with E-state index in [0.717, 1.165) is 41.1 Å². The minimum absolute atomic E-state index is 0.0244. The van der Waals surface area contributed by atoms with Crippen LogP contribution in [0.1, 0.15) is 30.1 Å². The van der Waals surface area contributed by atoms with Crippen molar-refractivity contribution in [3.8, 4) is 0 Å². The van der Waals surface area contributed by atoms with Crippen molar-refractivity contribution < 1.29 is 9.22 Å². The number of hydrogen-bond donors (Lipinski definition) is 0. The maximum Gasteiger partial charge on any atom is 0.135 e. The van der Waals surface area contributed by atoms with E-state index in [-0.39, 0.29) is 6.10 Å². The van der Waals surface area contributed by atoms with Crippen LogP contribution in [0.15, 0.2) is 86.1 Å². The second kappa shape index (κ2) is 9.42. The van der Waals surface area contributed by atoms with Crippen LogP contribution in [0.3, 0.4) is 0 Å². The Labute approximate surface area is 201 Å². The number of nitrogens with zero attached hydrogens (tertiary/aromatic N) is 2. The molecule has 0 amide bonds. The number of benzene rings is 2. The fourth-order valence-corrected chi connectivity index (χ4v) is 6.52. The van der Waals surface area contributed by atoms with Crippen molar-refractivity contribution in [3.05, 3.63) is 102 Å². The first-order chi connectivity index (χ1) is 16.1. The monoisotopic (exact) mass is 459 g/mol. The molecule has 0 aliphatic carbocycles. The van der Waals surface area contributed by atoms with Gasteiger partial charge in [0.1, 0.15) is 18.7 Å². The smallest absolute Gasteiger partial charge is 0.135 e. The maximum absolute atomic E-state index is 6.62. The van der Waals surface area contributed by atoms with Crippen molar-refractivity contribution in [2.45, 2.75) is 31.5 Å². The number of quaternary nitrogens is 1. The van der Waals surface area contributed by atoms with Gasteiger partial charge in [0, 0.05) is 40.9 Å². The van der Waals surface area contributed by atoms with Crippen LogP contribution < -0.4 is 0 Å². The van der Waals surface area contributed by atoms with Crippen LogP contribution in [0.5, 0.6) is 0 Å². The lowest BCUT2D eigenvalue weighted by molar-refractivity contribution is -0.985. The van der Waals surface area contributed by atoms with E-state index in [1.54, 1.807) is 0 Å². The van der Waals surface area contributed by atoms with E-state index in [1.807, 2.05) is 24.4 Å². The van der Waals surface area contributed by atoms with Crippen molar-refractivity contribution in [1.29, 1.82) is 0 Å². The summed E-state index contributed by atoms with van der Waals surface area (Å²) in [6.07, 6.45) is 8.32. The summed E-state index contributed by atoms with van der Waals surface area (Å²) in [6, 6.07) is 19.3. The number of piperidine rings is 3. The molecule has 33 heavy (non-hydrogen) atoms. The van der Waals surface area contributed by atoms with E-state index in [1.165, 1.54) is 22.9 Å². The third-order valence-electron chi connectivity index (χ3n) is 7.79. The van der Waals surface area contributed by atoms with Gasteiger partial charge in [0.2, 0.25) is 0 Å². The molecule has 3 aliphatic rings. The zero-order valence-electron chi connectivity index (χ0n) is 19.1. The molecule has 170 valence electrons. The number of aromatic nitrogens is 1. The van der Waals surface area contributed by atoms with Crippen LogP contribution in [0, 0.1) is 11.8 Å². The third-order valence-corrected chi connectivity index (χ3v) is 8.03. The molecule has 2 aromatic carbocycles. The number of halogens is 1. The Morgan fingerprint density at radius 2 is 2.03 bits per heavy atom. The van der Waals surface area contributed by atoms with E-state index in [4.69, 9.17) is 16.3 Å². The van der Waals surface area contributed by atoms with Crippen LogP contribution in [0.4, 0.5) is 0 Å². The Hall–Kier alpha value is -2.46. The summed E-state index contributed by atoms with van der Waals surface area (Å²) in [7, 11) is 0. The number of fused-ring (bicyclic) bond motifs is 4. The summed E-state index contributed by atoms with van der Waals surface area (Å²) in [4.78, 5) is 4.61. The Morgan fingerprint density at radius 3 is 2.85 bits per heavy atom. The maximum atomic E-state index is 6.62. The number of hydrogen-bond acceptors (Lipinski definition) is 2. The quantitative estimate of drug-likeness (QED) is 0.275. The highest BCUT2D eigenvalue weighted by Gasteiger charge is 2.54. The fourth-order valence-electron chi connectivity index (χ4n) is 6.31. The summed E-state index contributed by atoms with van der Waals surface area (Å²) in [5, 5.41) is 1.98. The molecule has 4 heteroatoms. The van der Waals surface area contributed by atoms with Crippen LogP contribution in [0.2, 0.25) is 5.02 Å². The summed E-state index contributed by atoms with van der Waals surface area (Å²) in [5.41, 5.74) is 3.54. The van der Waals surface area contributed by atoms with Gasteiger partial charge in [0.05, 0.1) is 25.2 Å². The minimum Gasteiger partial charge on any atom is -0.363 e. The highest BCUT2D eigenvalue weighted by atomic mass is 35.5. The van der Waals surface area contributed by atoms with Crippen molar-refractivity contribution in [2.24, 2.45) is 11.8 Å². The first-order valence-electron chi connectivity index (χ1n) is 11.9. The molecule has 6 rings (SSSR count). The minimum atomic E-state index is -0.0244. The molecule has 3 nitrogen and oxygen atoms in total. The molecule has 0 spiro atoms. The van der Waals surface area contributed by atoms with Gasteiger partial charge in [0.25, 0.3) is 0 Å². The van der Waals surface area contributed by atoms with E-state index in [0.29, 0.717) is 24.5 Å². The third kappa shape index (κ3) is 4.26. The van der Waals surface area contributed by atoms with Gasteiger partial charge in [-0.1, -0.05) is 54.1 Å². The van der Waals surface area contributed by atoms with Gasteiger partial charge >= 0.3 is 0 Å². The molecular weight excluding hydrogens is 428 g/mol. The van der Waals surface area contributed by atoms with Gasteiger partial charge in [-0.2, -0.15) is 0 Å². The van der Waals surface area contributed by atoms with Gasteiger partial charge < -0.3 is 9.22 Å². The molecule has 1 unspecified atom stereocenters. The number of para-hydroxylation sites is 1. The Morgan fingerprint density at radius 1 is 1.15 bits per heavy atom. The van der Waals surface area contributed by atoms with Crippen molar-refractivity contribution in [3.63, 3.8) is 0 Å². The molecule has 0 saturated carbocycles. The SMILES string of the molecule is C=CCO[C@@H](c1ccnc2ccccc12)[C@H]1C[C@@H]2CC[N+]1(Cc1cccc(Cl)c1)C[C@@H]2C=C. The van der Waals surface area contributed by atoms with Gasteiger partial charge in [-0.05, 0) is 35.7 Å². The van der Waals surface area contributed by atoms with Crippen LogP contribution >= 0.6 is 11.6 Å². The predicted octanol–water partition coefficient (Wildman–Crippen LogP) is 6.74. The molecule has 2 bridgehead atoms. The van der Waals surface area contributed by atoms with E-state index in [9.17, 15) is 0 Å². The van der Waals surface area contributed by atoms with Gasteiger partial charge in [-0.15, -0.1) is 13.2 Å². The van der Waals surface area contributed by atoms with Crippen LogP contribution in [-0.2, 0) is 11.3 Å². The molecule has 3 aromatic rings. The normalized spacial score (nSPS) is 27.4. The average molecular weight is 460 g/mol. The molecule has 0 radical (unpaired) electrons. The Balaban J connectivity index is 1.60. The lowest BCUT2D eigenvalue weighted by Crippen LogP contribution is -2.67. The first kappa shape index (κ1) is 22.3. The molecule has 3 aliphatic heterocycles. The predicted molar refractivity (Wildman–Crippen MR) is 136 cm³/mol. The molecule has 3 saturated heterocycles. The van der Waals surface area contributed by atoms with Crippen LogP contribution in [-0.4, -0.2) is 35.2 Å². The second-order valence-electron chi connectivity index (χ2n) is 9.62.